The third-order valence-electron chi connectivity index (χ3n) is 4.85. The highest BCUT2D eigenvalue weighted by molar-refractivity contribution is 5.91. The van der Waals surface area contributed by atoms with Gasteiger partial charge in [-0.2, -0.15) is 0 Å². The van der Waals surface area contributed by atoms with Gasteiger partial charge in [-0.05, 0) is 55.2 Å². The number of amides is 1. The van der Waals surface area contributed by atoms with Gasteiger partial charge in [-0.1, -0.05) is 6.42 Å². The monoisotopic (exact) mass is 274 g/mol. The zero-order valence-electron chi connectivity index (χ0n) is 11.9. The molecule has 0 saturated heterocycles. The minimum atomic E-state index is 0.104. The number of hydrogen-bond acceptors (Lipinski definition) is 3. The summed E-state index contributed by atoms with van der Waals surface area (Å²) in [7, 11) is 1.58. The summed E-state index contributed by atoms with van der Waals surface area (Å²) >= 11 is 0. The molecule has 0 aromatic heterocycles. The zero-order chi connectivity index (χ0) is 14.1. The molecule has 4 nitrogen and oxygen atoms in total. The van der Waals surface area contributed by atoms with Crippen LogP contribution in [-0.4, -0.2) is 13.0 Å². The molecule has 2 saturated carbocycles. The Bertz CT molecular complexity index is 515. The first-order chi connectivity index (χ1) is 9.65. The molecule has 2 bridgehead atoms. The molecular weight excluding hydrogens is 252 g/mol. The number of nitrogens with two attached hydrogens (primary N) is 1. The molecule has 3 unspecified atom stereocenters. The fraction of sp³-hybridized carbons (Fsp3) is 0.562. The maximum atomic E-state index is 12.1. The van der Waals surface area contributed by atoms with Crippen molar-refractivity contribution in [2.75, 3.05) is 18.2 Å². The predicted octanol–water partition coefficient (Wildman–Crippen LogP) is 3.04. The van der Waals surface area contributed by atoms with Gasteiger partial charge >= 0.3 is 0 Å². The third-order valence-corrected chi connectivity index (χ3v) is 4.85. The van der Waals surface area contributed by atoms with Gasteiger partial charge in [0.1, 0.15) is 5.75 Å². The maximum absolute atomic E-state index is 12.1. The van der Waals surface area contributed by atoms with Crippen molar-refractivity contribution in [2.24, 2.45) is 17.8 Å². The number of carbonyl (C=O) groups excluding carboxylic acids is 1. The first-order valence-corrected chi connectivity index (χ1v) is 7.39. The Morgan fingerprint density at radius 2 is 2.25 bits per heavy atom. The SMILES string of the molecule is COc1ccc(NC(=O)CC2CC3CCC2C3)cc1N. The van der Waals surface area contributed by atoms with Crippen LogP contribution in [0.5, 0.6) is 5.75 Å². The number of nitrogens with one attached hydrogen (secondary N) is 1. The lowest BCUT2D eigenvalue weighted by Crippen LogP contribution is -2.20. The molecule has 108 valence electrons. The van der Waals surface area contributed by atoms with Crippen LogP contribution < -0.4 is 15.8 Å². The van der Waals surface area contributed by atoms with Crippen LogP contribution in [0.25, 0.3) is 0 Å². The minimum absolute atomic E-state index is 0.104. The lowest BCUT2D eigenvalue weighted by Gasteiger charge is -2.21. The van der Waals surface area contributed by atoms with Crippen LogP contribution in [0.15, 0.2) is 18.2 Å². The van der Waals surface area contributed by atoms with E-state index in [1.165, 1.54) is 25.7 Å². The lowest BCUT2D eigenvalue weighted by atomic mass is 9.86. The van der Waals surface area contributed by atoms with Crippen LogP contribution in [0, 0.1) is 17.8 Å². The van der Waals surface area contributed by atoms with Crippen molar-refractivity contribution >= 4 is 17.3 Å². The van der Waals surface area contributed by atoms with Gasteiger partial charge in [0.05, 0.1) is 12.8 Å². The molecule has 4 heteroatoms. The van der Waals surface area contributed by atoms with Gasteiger partial charge in [0, 0.05) is 12.1 Å². The molecule has 0 spiro atoms. The Morgan fingerprint density at radius 1 is 1.40 bits per heavy atom. The van der Waals surface area contributed by atoms with Crippen LogP contribution in [0.2, 0.25) is 0 Å². The van der Waals surface area contributed by atoms with Crippen LogP contribution >= 0.6 is 0 Å². The Hall–Kier alpha value is -1.71. The number of methoxy groups -OCH3 is 1. The quantitative estimate of drug-likeness (QED) is 0.829. The van der Waals surface area contributed by atoms with Crippen molar-refractivity contribution in [1.29, 1.82) is 0 Å². The highest BCUT2D eigenvalue weighted by Crippen LogP contribution is 2.49. The second-order valence-electron chi connectivity index (χ2n) is 6.14. The molecule has 1 amide bonds. The Kier molecular flexibility index (Phi) is 3.55. The van der Waals surface area contributed by atoms with Crippen LogP contribution in [0.4, 0.5) is 11.4 Å². The molecule has 2 aliphatic carbocycles. The summed E-state index contributed by atoms with van der Waals surface area (Å²) in [4.78, 5) is 12.1. The van der Waals surface area contributed by atoms with E-state index in [0.29, 0.717) is 23.8 Å². The van der Waals surface area contributed by atoms with E-state index >= 15 is 0 Å². The summed E-state index contributed by atoms with van der Waals surface area (Å²) in [5, 5.41) is 2.95. The van der Waals surface area contributed by atoms with Crippen LogP contribution in [0.1, 0.15) is 32.1 Å². The molecule has 3 atom stereocenters. The molecule has 1 aromatic carbocycles. The maximum Gasteiger partial charge on any atom is 0.224 e. The summed E-state index contributed by atoms with van der Waals surface area (Å²) in [6.07, 6.45) is 5.92. The smallest absolute Gasteiger partial charge is 0.224 e. The average molecular weight is 274 g/mol. The van der Waals surface area contributed by atoms with Crippen molar-refractivity contribution in [2.45, 2.75) is 32.1 Å². The molecule has 0 heterocycles. The minimum Gasteiger partial charge on any atom is -0.495 e. The van der Waals surface area contributed by atoms with Crippen LogP contribution in [-0.2, 0) is 4.79 Å². The van der Waals surface area contributed by atoms with E-state index in [1.54, 1.807) is 19.2 Å². The molecule has 0 aliphatic heterocycles. The average Bonchev–Trinajstić information content (AvgIpc) is 3.01. The highest BCUT2D eigenvalue weighted by Gasteiger charge is 2.40. The van der Waals surface area contributed by atoms with Gasteiger partial charge in [-0.15, -0.1) is 0 Å². The summed E-state index contributed by atoms with van der Waals surface area (Å²) in [5.41, 5.74) is 7.14. The van der Waals surface area contributed by atoms with Gasteiger partial charge in [0.25, 0.3) is 0 Å². The molecule has 2 aliphatic rings. The molecule has 2 fully saturated rings. The summed E-state index contributed by atoms with van der Waals surface area (Å²) in [5.74, 6) is 2.99. The van der Waals surface area contributed by atoms with Gasteiger partial charge in [0.15, 0.2) is 0 Å². The molecular formula is C16H22N2O2. The molecule has 1 aromatic rings. The van der Waals surface area contributed by atoms with E-state index in [1.807, 2.05) is 6.07 Å². The lowest BCUT2D eigenvalue weighted by molar-refractivity contribution is -0.117. The van der Waals surface area contributed by atoms with Gasteiger partial charge < -0.3 is 15.8 Å². The number of benzene rings is 1. The molecule has 0 radical (unpaired) electrons. The summed E-state index contributed by atoms with van der Waals surface area (Å²) in [6, 6.07) is 5.36. The number of nitrogen functional groups attached to an aromatic ring is 1. The van der Waals surface area contributed by atoms with Crippen molar-refractivity contribution in [3.05, 3.63) is 18.2 Å². The van der Waals surface area contributed by atoms with E-state index in [-0.39, 0.29) is 5.91 Å². The Balaban J connectivity index is 1.57. The molecule has 3 rings (SSSR count). The second kappa shape index (κ2) is 5.35. The Morgan fingerprint density at radius 3 is 2.85 bits per heavy atom. The highest BCUT2D eigenvalue weighted by atomic mass is 16.5. The van der Waals surface area contributed by atoms with Crippen molar-refractivity contribution in [1.82, 2.24) is 0 Å². The third kappa shape index (κ3) is 2.60. The fourth-order valence-corrected chi connectivity index (χ4v) is 3.89. The van der Waals surface area contributed by atoms with Crippen LogP contribution in [0.3, 0.4) is 0 Å². The fourth-order valence-electron chi connectivity index (χ4n) is 3.89. The van der Waals surface area contributed by atoms with E-state index in [0.717, 1.165) is 17.5 Å². The first kappa shape index (κ1) is 13.3. The summed E-state index contributed by atoms with van der Waals surface area (Å²) < 4.78 is 5.11. The number of carbonyl (C=O) groups is 1. The molecule has 3 N–H and O–H groups in total. The zero-order valence-corrected chi connectivity index (χ0v) is 11.9. The Labute approximate surface area is 119 Å². The normalized spacial score (nSPS) is 27.6. The topological polar surface area (TPSA) is 64.3 Å². The van der Waals surface area contributed by atoms with E-state index < -0.39 is 0 Å². The standard InChI is InChI=1S/C16H22N2O2/c1-20-15-5-4-13(9-14(15)17)18-16(19)8-12-7-10-2-3-11(12)6-10/h4-5,9-12H,2-3,6-8,17H2,1H3,(H,18,19). The van der Waals surface area contributed by atoms with Crippen molar-refractivity contribution in [3.8, 4) is 5.75 Å². The number of hydrogen-bond donors (Lipinski definition) is 2. The number of fused-ring (bicyclic) bond motifs is 2. The molecule has 20 heavy (non-hydrogen) atoms. The largest absolute Gasteiger partial charge is 0.495 e. The van der Waals surface area contributed by atoms with E-state index in [2.05, 4.69) is 5.32 Å². The number of ether oxygens (including phenoxy) is 1. The van der Waals surface area contributed by atoms with Crippen molar-refractivity contribution < 1.29 is 9.53 Å². The first-order valence-electron chi connectivity index (χ1n) is 7.39. The second-order valence-corrected chi connectivity index (χ2v) is 6.14. The number of anilines is 2. The predicted molar refractivity (Wildman–Crippen MR) is 79.6 cm³/mol. The van der Waals surface area contributed by atoms with Gasteiger partial charge in [-0.25, -0.2) is 0 Å². The van der Waals surface area contributed by atoms with Gasteiger partial charge in [-0.3, -0.25) is 4.79 Å². The van der Waals surface area contributed by atoms with Crippen molar-refractivity contribution in [3.63, 3.8) is 0 Å². The number of rotatable bonds is 4. The van der Waals surface area contributed by atoms with Gasteiger partial charge in [0.2, 0.25) is 5.91 Å². The van der Waals surface area contributed by atoms with E-state index in [9.17, 15) is 4.79 Å². The van der Waals surface area contributed by atoms with E-state index in [4.69, 9.17) is 10.5 Å². The summed E-state index contributed by atoms with van der Waals surface area (Å²) in [6.45, 7) is 0.